The molecule has 0 spiro atoms. The van der Waals surface area contributed by atoms with Crippen LogP contribution in [0.5, 0.6) is 0 Å². The molecule has 3 rings (SSSR count). The summed E-state index contributed by atoms with van der Waals surface area (Å²) in [4.78, 5) is 15.5. The Morgan fingerprint density at radius 2 is 1.78 bits per heavy atom. The van der Waals surface area contributed by atoms with E-state index in [2.05, 4.69) is 20.7 Å². The number of sulfonamides is 1. The van der Waals surface area contributed by atoms with Gasteiger partial charge in [0.15, 0.2) is 0 Å². The minimum Gasteiger partial charge on any atom is -0.378 e. The zero-order valence-electron chi connectivity index (χ0n) is 17.5. The number of carbonyl (C=O) groups excluding carboxylic acids is 1. The van der Waals surface area contributed by atoms with Crippen LogP contribution >= 0.6 is 15.9 Å². The summed E-state index contributed by atoms with van der Waals surface area (Å²) >= 11 is 2.95. The normalized spacial score (nSPS) is 15.6. The number of nitrogens with zero attached hydrogens (tertiary/aromatic N) is 2. The summed E-state index contributed by atoms with van der Waals surface area (Å²) in [5.41, 5.74) is 0.182. The molecule has 0 aliphatic carbocycles. The third-order valence-corrected chi connectivity index (χ3v) is 7.32. The lowest BCUT2D eigenvalue weighted by molar-refractivity contribution is -0.139. The number of alkyl halides is 3. The number of hydrogen-bond donors (Lipinski definition) is 1. The van der Waals surface area contributed by atoms with E-state index in [1.54, 1.807) is 23.1 Å². The van der Waals surface area contributed by atoms with Gasteiger partial charge in [0.25, 0.3) is 5.91 Å². The molecule has 32 heavy (non-hydrogen) atoms. The highest BCUT2D eigenvalue weighted by Gasteiger charge is 2.38. The summed E-state index contributed by atoms with van der Waals surface area (Å²) in [6, 6.07) is 9.55. The summed E-state index contributed by atoms with van der Waals surface area (Å²) in [7, 11) is -0.652. The van der Waals surface area contributed by atoms with E-state index in [0.717, 1.165) is 17.8 Å². The molecular formula is C21H23BrF3N3O3S. The number of likely N-dealkylation sites (tertiary alicyclic amines) is 1. The Balaban J connectivity index is 1.69. The molecule has 2 aromatic carbocycles. The van der Waals surface area contributed by atoms with Crippen LogP contribution in [-0.2, 0) is 16.2 Å². The Kier molecular flexibility index (Phi) is 7.21. The number of nitrogens with one attached hydrogen (secondary N) is 1. The molecule has 1 heterocycles. The third kappa shape index (κ3) is 5.62. The average Bonchev–Trinajstić information content (AvgIpc) is 2.72. The molecule has 1 fully saturated rings. The average molecular weight is 534 g/mol. The first kappa shape index (κ1) is 24.5. The van der Waals surface area contributed by atoms with Crippen LogP contribution in [0.15, 0.2) is 51.8 Å². The molecule has 1 saturated heterocycles. The van der Waals surface area contributed by atoms with Gasteiger partial charge in [0, 0.05) is 49.0 Å². The first-order valence-corrected chi connectivity index (χ1v) is 12.1. The lowest BCUT2D eigenvalue weighted by atomic mass is 10.0. The van der Waals surface area contributed by atoms with Crippen LogP contribution in [0.3, 0.4) is 0 Å². The molecule has 0 unspecified atom stereocenters. The third-order valence-electron chi connectivity index (χ3n) is 5.25. The zero-order valence-corrected chi connectivity index (χ0v) is 19.9. The van der Waals surface area contributed by atoms with Crippen LogP contribution in [0.25, 0.3) is 0 Å². The highest BCUT2D eigenvalue weighted by molar-refractivity contribution is 9.10. The van der Waals surface area contributed by atoms with Gasteiger partial charge in [-0.15, -0.1) is 0 Å². The van der Waals surface area contributed by atoms with E-state index in [9.17, 15) is 26.4 Å². The highest BCUT2D eigenvalue weighted by atomic mass is 79.9. The lowest BCUT2D eigenvalue weighted by Gasteiger charge is -2.32. The molecule has 1 N–H and O–H groups in total. The summed E-state index contributed by atoms with van der Waals surface area (Å²) in [5, 5.41) is 0. The summed E-state index contributed by atoms with van der Waals surface area (Å²) in [6.45, 7) is 0.593. The van der Waals surface area contributed by atoms with E-state index in [0.29, 0.717) is 31.5 Å². The van der Waals surface area contributed by atoms with Crippen molar-refractivity contribution in [2.75, 3.05) is 32.1 Å². The Hall–Kier alpha value is -2.11. The van der Waals surface area contributed by atoms with E-state index < -0.39 is 32.7 Å². The van der Waals surface area contributed by atoms with Crippen molar-refractivity contribution in [2.45, 2.75) is 30.0 Å². The van der Waals surface area contributed by atoms with E-state index in [-0.39, 0.29) is 10.4 Å². The van der Waals surface area contributed by atoms with Gasteiger partial charge in [-0.25, -0.2) is 13.1 Å². The van der Waals surface area contributed by atoms with E-state index in [1.165, 1.54) is 6.07 Å². The van der Waals surface area contributed by atoms with Gasteiger partial charge in [0.05, 0.1) is 10.5 Å². The number of benzene rings is 2. The molecule has 2 aromatic rings. The predicted molar refractivity (Wildman–Crippen MR) is 119 cm³/mol. The molecule has 0 atom stereocenters. The second-order valence-corrected chi connectivity index (χ2v) is 10.4. The van der Waals surface area contributed by atoms with Gasteiger partial charge >= 0.3 is 6.18 Å². The first-order valence-electron chi connectivity index (χ1n) is 9.84. The van der Waals surface area contributed by atoms with Gasteiger partial charge in [-0.05, 0) is 49.2 Å². The minimum absolute atomic E-state index is 0.133. The molecule has 174 valence electrons. The van der Waals surface area contributed by atoms with Crippen LogP contribution in [0, 0.1) is 0 Å². The number of amides is 1. The van der Waals surface area contributed by atoms with Crippen LogP contribution < -0.4 is 9.62 Å². The van der Waals surface area contributed by atoms with E-state index in [1.807, 2.05) is 25.1 Å². The topological polar surface area (TPSA) is 69.7 Å². The molecule has 1 aliphatic heterocycles. The highest BCUT2D eigenvalue weighted by Crippen LogP contribution is 2.36. The van der Waals surface area contributed by atoms with Crippen molar-refractivity contribution in [1.29, 1.82) is 0 Å². The predicted octanol–water partition coefficient (Wildman–Crippen LogP) is 4.12. The largest absolute Gasteiger partial charge is 0.417 e. The van der Waals surface area contributed by atoms with E-state index >= 15 is 0 Å². The minimum atomic E-state index is -4.81. The fraction of sp³-hybridized carbons (Fsp3) is 0.381. The molecule has 6 nitrogen and oxygen atoms in total. The Morgan fingerprint density at radius 3 is 2.38 bits per heavy atom. The van der Waals surface area contributed by atoms with Crippen molar-refractivity contribution in [1.82, 2.24) is 9.62 Å². The van der Waals surface area contributed by atoms with Crippen molar-refractivity contribution >= 4 is 37.5 Å². The smallest absolute Gasteiger partial charge is 0.378 e. The van der Waals surface area contributed by atoms with Crippen LogP contribution in [0.1, 0.15) is 28.8 Å². The number of anilines is 1. The molecule has 11 heteroatoms. The maximum atomic E-state index is 13.4. The fourth-order valence-electron chi connectivity index (χ4n) is 3.54. The van der Waals surface area contributed by atoms with Gasteiger partial charge in [-0.1, -0.05) is 22.0 Å². The number of rotatable bonds is 5. The van der Waals surface area contributed by atoms with Crippen molar-refractivity contribution in [3.05, 3.63) is 58.1 Å². The lowest BCUT2D eigenvalue weighted by Crippen LogP contribution is -2.46. The van der Waals surface area contributed by atoms with Crippen molar-refractivity contribution in [3.8, 4) is 0 Å². The van der Waals surface area contributed by atoms with Crippen molar-refractivity contribution in [3.63, 3.8) is 0 Å². The molecule has 0 aromatic heterocycles. The Bertz CT molecular complexity index is 1100. The SMILES string of the molecule is CN(C)c1cccc(C(=O)N2CCC(NS(=O)(=O)c3ccc(Br)cc3C(F)(F)F)CC2)c1. The van der Waals surface area contributed by atoms with Crippen molar-refractivity contribution < 1.29 is 26.4 Å². The molecule has 0 radical (unpaired) electrons. The number of carbonyl (C=O) groups is 1. The monoisotopic (exact) mass is 533 g/mol. The molecular weight excluding hydrogens is 511 g/mol. The quantitative estimate of drug-likeness (QED) is 0.627. The second kappa shape index (κ2) is 9.40. The summed E-state index contributed by atoms with van der Waals surface area (Å²) in [5.74, 6) is -0.165. The maximum Gasteiger partial charge on any atom is 0.417 e. The number of halogens is 4. The van der Waals surface area contributed by atoms with Gasteiger partial charge < -0.3 is 9.80 Å². The van der Waals surface area contributed by atoms with E-state index in [4.69, 9.17) is 0 Å². The summed E-state index contributed by atoms with van der Waals surface area (Å²) in [6.07, 6.45) is -4.21. The molecule has 0 saturated carbocycles. The first-order chi connectivity index (χ1) is 14.9. The number of piperidine rings is 1. The van der Waals surface area contributed by atoms with Gasteiger partial charge in [0.2, 0.25) is 10.0 Å². The van der Waals surface area contributed by atoms with Gasteiger partial charge in [-0.3, -0.25) is 4.79 Å². The van der Waals surface area contributed by atoms with Gasteiger partial charge in [0.1, 0.15) is 0 Å². The second-order valence-electron chi connectivity index (χ2n) is 7.77. The fourth-order valence-corrected chi connectivity index (χ4v) is 5.42. The Labute approximate surface area is 193 Å². The molecule has 1 aliphatic rings. The van der Waals surface area contributed by atoms with Crippen LogP contribution in [0.2, 0.25) is 0 Å². The zero-order chi connectivity index (χ0) is 23.7. The van der Waals surface area contributed by atoms with Crippen molar-refractivity contribution in [2.24, 2.45) is 0 Å². The van der Waals surface area contributed by atoms with Gasteiger partial charge in [-0.2, -0.15) is 13.2 Å². The maximum absolute atomic E-state index is 13.4. The van der Waals surface area contributed by atoms with Crippen LogP contribution in [0.4, 0.5) is 18.9 Å². The van der Waals surface area contributed by atoms with Crippen LogP contribution in [-0.4, -0.2) is 52.5 Å². The molecule has 1 amide bonds. The molecule has 0 bridgehead atoms. The number of hydrogen-bond acceptors (Lipinski definition) is 4. The standard InChI is InChI=1S/C21H23BrF3N3O3S/c1-27(2)17-5-3-4-14(12-17)20(29)28-10-8-16(9-11-28)26-32(30,31)19-7-6-15(22)13-18(19)21(23,24)25/h3-7,12-13,16,26H,8-11H2,1-2H3. The summed E-state index contributed by atoms with van der Waals surface area (Å²) < 4.78 is 68.0. The Morgan fingerprint density at radius 1 is 1.12 bits per heavy atom.